The van der Waals surface area contributed by atoms with E-state index in [0.29, 0.717) is 17.1 Å². The number of fused-ring (bicyclic) bond motifs is 1. The highest BCUT2D eigenvalue weighted by Gasteiger charge is 2.31. The van der Waals surface area contributed by atoms with Crippen LogP contribution in [0.1, 0.15) is 30.8 Å². The van der Waals surface area contributed by atoms with E-state index in [0.717, 1.165) is 35.6 Å². The number of carbonyl (C=O) groups excluding carboxylic acids is 1. The molecular formula is C18H22N6O2S. The molecule has 0 bridgehead atoms. The second-order valence-corrected chi connectivity index (χ2v) is 8.06. The summed E-state index contributed by atoms with van der Waals surface area (Å²) >= 11 is 1.51. The molecule has 4 rings (SSSR count). The van der Waals surface area contributed by atoms with E-state index in [1.807, 2.05) is 25.4 Å². The van der Waals surface area contributed by atoms with E-state index in [9.17, 15) is 4.79 Å². The first-order chi connectivity index (χ1) is 13.0. The normalized spacial score (nSPS) is 20.3. The largest absolute Gasteiger partial charge is 0.472 e. The molecule has 142 valence electrons. The van der Waals surface area contributed by atoms with Gasteiger partial charge >= 0.3 is 0 Å². The van der Waals surface area contributed by atoms with Gasteiger partial charge in [0, 0.05) is 43.5 Å². The van der Waals surface area contributed by atoms with Crippen LogP contribution >= 0.6 is 11.3 Å². The lowest BCUT2D eigenvalue weighted by atomic mass is 10.2. The third-order valence-electron chi connectivity index (χ3n) is 4.59. The summed E-state index contributed by atoms with van der Waals surface area (Å²) in [7, 11) is 0. The fraction of sp³-hybridized carbons (Fsp3) is 0.444. The average Bonchev–Trinajstić information content (AvgIpc) is 3.26. The molecule has 8 nitrogen and oxygen atoms in total. The maximum atomic E-state index is 11.1. The smallest absolute Gasteiger partial charge is 0.232 e. The zero-order valence-corrected chi connectivity index (χ0v) is 16.4. The number of nitrogens with zero attached hydrogens (tertiary/aromatic N) is 5. The van der Waals surface area contributed by atoms with Crippen LogP contribution in [0.2, 0.25) is 0 Å². The van der Waals surface area contributed by atoms with Crippen molar-refractivity contribution in [3.8, 4) is 5.88 Å². The van der Waals surface area contributed by atoms with Gasteiger partial charge in [-0.15, -0.1) is 11.3 Å². The number of likely N-dealkylation sites (tertiary alicyclic amines) is 1. The minimum absolute atomic E-state index is 0.0874. The molecule has 3 aromatic heterocycles. The van der Waals surface area contributed by atoms with Crippen LogP contribution < -0.4 is 10.1 Å². The Labute approximate surface area is 161 Å². The predicted octanol–water partition coefficient (Wildman–Crippen LogP) is 2.49. The number of amides is 1. The third kappa shape index (κ3) is 4.09. The fourth-order valence-corrected chi connectivity index (χ4v) is 4.26. The second kappa shape index (κ2) is 7.24. The molecule has 1 aliphatic rings. The summed E-state index contributed by atoms with van der Waals surface area (Å²) < 4.78 is 7.91. The van der Waals surface area contributed by atoms with Gasteiger partial charge in [0.15, 0.2) is 5.13 Å². The fourth-order valence-electron chi connectivity index (χ4n) is 3.38. The zero-order chi connectivity index (χ0) is 19.0. The van der Waals surface area contributed by atoms with Crippen molar-refractivity contribution in [2.75, 3.05) is 11.9 Å². The number of anilines is 1. The van der Waals surface area contributed by atoms with Crippen molar-refractivity contribution >= 4 is 27.9 Å². The molecule has 0 aromatic carbocycles. The van der Waals surface area contributed by atoms with Gasteiger partial charge in [0.25, 0.3) is 0 Å². The summed E-state index contributed by atoms with van der Waals surface area (Å²) in [4.78, 5) is 23.3. The lowest BCUT2D eigenvalue weighted by molar-refractivity contribution is -0.114. The van der Waals surface area contributed by atoms with Crippen LogP contribution in [0, 0.1) is 6.92 Å². The number of hydrogen-bond donors (Lipinski definition) is 1. The molecule has 1 fully saturated rings. The third-order valence-corrected chi connectivity index (χ3v) is 5.49. The first-order valence-corrected chi connectivity index (χ1v) is 9.73. The van der Waals surface area contributed by atoms with Gasteiger partial charge in [0.2, 0.25) is 11.8 Å². The van der Waals surface area contributed by atoms with Crippen molar-refractivity contribution in [3.63, 3.8) is 0 Å². The molecule has 3 aromatic rings. The highest BCUT2D eigenvalue weighted by atomic mass is 32.1. The Hall–Kier alpha value is -2.52. The van der Waals surface area contributed by atoms with Gasteiger partial charge in [-0.25, -0.2) is 14.5 Å². The number of carbonyl (C=O) groups is 1. The Kier molecular flexibility index (Phi) is 4.79. The summed E-state index contributed by atoms with van der Waals surface area (Å²) in [5.41, 5.74) is 1.92. The molecule has 1 amide bonds. The topological polar surface area (TPSA) is 84.7 Å². The molecule has 0 aliphatic carbocycles. The zero-order valence-electron chi connectivity index (χ0n) is 15.5. The van der Waals surface area contributed by atoms with E-state index in [1.54, 1.807) is 10.7 Å². The average molecular weight is 386 g/mol. The number of nitrogens with one attached hydrogen (secondary N) is 1. The minimum Gasteiger partial charge on any atom is -0.472 e. The summed E-state index contributed by atoms with van der Waals surface area (Å²) in [6, 6.07) is 2.39. The number of thiazole rings is 1. The van der Waals surface area contributed by atoms with Crippen LogP contribution in [0.15, 0.2) is 24.7 Å². The summed E-state index contributed by atoms with van der Waals surface area (Å²) in [6.07, 6.45) is 6.47. The molecule has 1 saturated heterocycles. The number of aryl methyl sites for hydroxylation is 1. The van der Waals surface area contributed by atoms with Crippen LogP contribution in [0.3, 0.4) is 0 Å². The number of aromatic nitrogens is 4. The van der Waals surface area contributed by atoms with Crippen LogP contribution in [0.4, 0.5) is 5.13 Å². The number of rotatable bonds is 5. The van der Waals surface area contributed by atoms with Crippen molar-refractivity contribution in [2.24, 2.45) is 0 Å². The summed E-state index contributed by atoms with van der Waals surface area (Å²) in [5, 5.41) is 7.78. The summed E-state index contributed by atoms with van der Waals surface area (Å²) in [5.74, 6) is 0.492. The number of hydrogen-bond acceptors (Lipinski definition) is 7. The molecule has 27 heavy (non-hydrogen) atoms. The van der Waals surface area contributed by atoms with Gasteiger partial charge in [-0.05, 0) is 19.9 Å². The Morgan fingerprint density at radius 3 is 3.07 bits per heavy atom. The van der Waals surface area contributed by atoms with Crippen LogP contribution in [-0.2, 0) is 11.3 Å². The second-order valence-electron chi connectivity index (χ2n) is 6.95. The molecular weight excluding hydrogens is 364 g/mol. The Morgan fingerprint density at radius 1 is 1.41 bits per heavy atom. The van der Waals surface area contributed by atoms with E-state index in [1.165, 1.54) is 18.3 Å². The van der Waals surface area contributed by atoms with E-state index in [-0.39, 0.29) is 12.0 Å². The molecule has 0 radical (unpaired) electrons. The summed E-state index contributed by atoms with van der Waals surface area (Å²) in [6.45, 7) is 7.27. The first-order valence-electron chi connectivity index (χ1n) is 8.91. The molecule has 9 heteroatoms. The maximum absolute atomic E-state index is 11.1. The van der Waals surface area contributed by atoms with Gasteiger partial charge in [-0.2, -0.15) is 5.10 Å². The van der Waals surface area contributed by atoms with Crippen molar-refractivity contribution in [3.05, 3.63) is 35.2 Å². The molecule has 2 unspecified atom stereocenters. The first kappa shape index (κ1) is 17.9. The van der Waals surface area contributed by atoms with Crippen LogP contribution in [0.5, 0.6) is 5.88 Å². The molecule has 0 saturated carbocycles. The SMILES string of the molecule is CC(=O)Nc1ncc(CN2CC(Oc3cn4nc(C)cc4cn3)CC2C)s1. The van der Waals surface area contributed by atoms with Gasteiger partial charge in [-0.3, -0.25) is 9.69 Å². The molecule has 1 N–H and O–H groups in total. The Balaban J connectivity index is 1.38. The predicted molar refractivity (Wildman–Crippen MR) is 103 cm³/mol. The Bertz CT molecular complexity index is 968. The van der Waals surface area contributed by atoms with Crippen molar-refractivity contribution in [1.29, 1.82) is 0 Å². The molecule has 4 heterocycles. The standard InChI is InChI=1S/C18H22N6O2S/c1-11-4-14-6-19-17(10-24(14)22-11)26-15-5-12(2)23(8-15)9-16-7-20-18(27-16)21-13(3)25/h4,6-7,10,12,15H,5,8-9H2,1-3H3,(H,20,21,25). The lowest BCUT2D eigenvalue weighted by Crippen LogP contribution is -2.27. The van der Waals surface area contributed by atoms with Gasteiger partial charge in [0.05, 0.1) is 23.6 Å². The molecule has 1 aliphatic heterocycles. The quantitative estimate of drug-likeness (QED) is 0.725. The van der Waals surface area contributed by atoms with Gasteiger partial charge < -0.3 is 10.1 Å². The molecule has 2 atom stereocenters. The van der Waals surface area contributed by atoms with E-state index < -0.39 is 0 Å². The van der Waals surface area contributed by atoms with Crippen molar-refractivity contribution < 1.29 is 9.53 Å². The Morgan fingerprint density at radius 2 is 2.26 bits per heavy atom. The van der Waals surface area contributed by atoms with Crippen molar-refractivity contribution in [1.82, 2.24) is 24.5 Å². The number of ether oxygens (including phenoxy) is 1. The highest BCUT2D eigenvalue weighted by molar-refractivity contribution is 7.15. The monoisotopic (exact) mass is 386 g/mol. The van der Waals surface area contributed by atoms with E-state index >= 15 is 0 Å². The molecule has 0 spiro atoms. The van der Waals surface area contributed by atoms with E-state index in [4.69, 9.17) is 4.74 Å². The minimum atomic E-state index is -0.101. The van der Waals surface area contributed by atoms with Crippen molar-refractivity contribution in [2.45, 2.75) is 45.9 Å². The maximum Gasteiger partial charge on any atom is 0.232 e. The van der Waals surface area contributed by atoms with E-state index in [2.05, 4.69) is 32.2 Å². The van der Waals surface area contributed by atoms with Gasteiger partial charge in [0.1, 0.15) is 6.10 Å². The van der Waals surface area contributed by atoms with Crippen LogP contribution in [-0.4, -0.2) is 49.1 Å². The lowest BCUT2D eigenvalue weighted by Gasteiger charge is -2.19. The highest BCUT2D eigenvalue weighted by Crippen LogP contribution is 2.26. The van der Waals surface area contributed by atoms with Crippen LogP contribution in [0.25, 0.3) is 5.52 Å². The van der Waals surface area contributed by atoms with Gasteiger partial charge in [-0.1, -0.05) is 0 Å².